The van der Waals surface area contributed by atoms with Crippen molar-refractivity contribution >= 4 is 21.4 Å². The van der Waals surface area contributed by atoms with E-state index in [1.807, 2.05) is 11.4 Å². The Balaban J connectivity index is 1.82. The molecule has 1 fully saturated rings. The molecule has 2 aromatic rings. The Morgan fingerprint density at radius 1 is 1.21 bits per heavy atom. The summed E-state index contributed by atoms with van der Waals surface area (Å²) in [4.78, 5) is 1.37. The number of hydrogen-bond acceptors (Lipinski definition) is 3. The molecule has 3 nitrogen and oxygen atoms in total. The SMILES string of the molecule is Cc1cc(S(=O)(=O)NCC2(c3cccs3)CCCCC2)ccc1F. The zero-order chi connectivity index (χ0) is 17.2. The van der Waals surface area contributed by atoms with Crippen LogP contribution in [0, 0.1) is 12.7 Å². The normalized spacial score (nSPS) is 17.8. The van der Waals surface area contributed by atoms with Crippen LogP contribution >= 0.6 is 11.3 Å². The molecule has 1 aliphatic carbocycles. The van der Waals surface area contributed by atoms with Gasteiger partial charge < -0.3 is 0 Å². The van der Waals surface area contributed by atoms with Crippen LogP contribution in [0.25, 0.3) is 0 Å². The summed E-state index contributed by atoms with van der Waals surface area (Å²) >= 11 is 1.69. The molecule has 0 atom stereocenters. The lowest BCUT2D eigenvalue weighted by Crippen LogP contribution is -2.41. The van der Waals surface area contributed by atoms with E-state index in [-0.39, 0.29) is 10.3 Å². The van der Waals surface area contributed by atoms with Crippen molar-refractivity contribution in [3.8, 4) is 0 Å². The van der Waals surface area contributed by atoms with E-state index in [0.29, 0.717) is 12.1 Å². The van der Waals surface area contributed by atoms with Gasteiger partial charge in [0.05, 0.1) is 4.90 Å². The molecule has 1 aromatic heterocycles. The molecule has 0 saturated heterocycles. The Labute approximate surface area is 147 Å². The lowest BCUT2D eigenvalue weighted by molar-refractivity contribution is 0.298. The molecule has 0 bridgehead atoms. The molecular formula is C18H22FNO2S2. The second-order valence-corrected chi connectivity index (χ2v) is 9.27. The van der Waals surface area contributed by atoms with Crippen molar-refractivity contribution in [1.29, 1.82) is 0 Å². The van der Waals surface area contributed by atoms with E-state index in [4.69, 9.17) is 0 Å². The third kappa shape index (κ3) is 3.55. The second kappa shape index (κ2) is 6.94. The van der Waals surface area contributed by atoms with Crippen LogP contribution in [0.15, 0.2) is 40.6 Å². The number of sulfonamides is 1. The van der Waals surface area contributed by atoms with Gasteiger partial charge in [-0.1, -0.05) is 25.3 Å². The van der Waals surface area contributed by atoms with Crippen LogP contribution in [0.2, 0.25) is 0 Å². The van der Waals surface area contributed by atoms with E-state index in [1.165, 1.54) is 29.5 Å². The molecule has 0 unspecified atom stereocenters. The monoisotopic (exact) mass is 367 g/mol. The van der Waals surface area contributed by atoms with Crippen molar-refractivity contribution in [1.82, 2.24) is 4.72 Å². The summed E-state index contributed by atoms with van der Waals surface area (Å²) in [6.45, 7) is 1.97. The van der Waals surface area contributed by atoms with Gasteiger partial charge in [-0.2, -0.15) is 0 Å². The van der Waals surface area contributed by atoms with Gasteiger partial charge in [-0.05, 0) is 55.0 Å². The minimum Gasteiger partial charge on any atom is -0.210 e. The fourth-order valence-electron chi connectivity index (χ4n) is 3.42. The smallest absolute Gasteiger partial charge is 0.210 e. The molecule has 130 valence electrons. The predicted molar refractivity (Wildman–Crippen MR) is 95.4 cm³/mol. The largest absolute Gasteiger partial charge is 0.240 e. The maximum atomic E-state index is 13.4. The first kappa shape index (κ1) is 17.6. The van der Waals surface area contributed by atoms with Crippen LogP contribution in [0.4, 0.5) is 4.39 Å². The third-order valence-electron chi connectivity index (χ3n) is 4.89. The summed E-state index contributed by atoms with van der Waals surface area (Å²) in [6.07, 6.45) is 5.44. The second-order valence-electron chi connectivity index (χ2n) is 6.55. The van der Waals surface area contributed by atoms with E-state index < -0.39 is 15.8 Å². The fourth-order valence-corrected chi connectivity index (χ4v) is 5.62. The summed E-state index contributed by atoms with van der Waals surface area (Å²) in [5.41, 5.74) is 0.220. The number of halogens is 1. The van der Waals surface area contributed by atoms with E-state index in [9.17, 15) is 12.8 Å². The molecule has 6 heteroatoms. The summed E-state index contributed by atoms with van der Waals surface area (Å²) in [7, 11) is -3.64. The standard InChI is InChI=1S/C18H22FNO2S2/c1-14-12-15(7-8-16(14)19)24(21,22)20-13-18(9-3-2-4-10-18)17-6-5-11-23-17/h5-8,11-12,20H,2-4,9-10,13H2,1H3. The lowest BCUT2D eigenvalue weighted by Gasteiger charge is -2.36. The molecule has 0 spiro atoms. The molecule has 1 aromatic carbocycles. The summed E-state index contributed by atoms with van der Waals surface area (Å²) in [5.74, 6) is -0.392. The Morgan fingerprint density at radius 3 is 2.58 bits per heavy atom. The maximum absolute atomic E-state index is 13.4. The van der Waals surface area contributed by atoms with Gasteiger partial charge in [0.2, 0.25) is 10.0 Å². The summed E-state index contributed by atoms with van der Waals surface area (Å²) in [6, 6.07) is 8.04. The molecule has 0 amide bonds. The first-order chi connectivity index (χ1) is 11.4. The molecule has 1 N–H and O–H groups in total. The molecule has 1 saturated carbocycles. The highest BCUT2D eigenvalue weighted by molar-refractivity contribution is 7.89. The Morgan fingerprint density at radius 2 is 1.96 bits per heavy atom. The number of rotatable bonds is 5. The maximum Gasteiger partial charge on any atom is 0.240 e. The van der Waals surface area contributed by atoms with Crippen molar-refractivity contribution in [3.63, 3.8) is 0 Å². The van der Waals surface area contributed by atoms with Gasteiger partial charge in [0.15, 0.2) is 0 Å². The van der Waals surface area contributed by atoms with Gasteiger partial charge >= 0.3 is 0 Å². The number of thiophene rings is 1. The van der Waals surface area contributed by atoms with Crippen LogP contribution in [0.3, 0.4) is 0 Å². The van der Waals surface area contributed by atoms with Crippen LogP contribution < -0.4 is 4.72 Å². The van der Waals surface area contributed by atoms with Gasteiger partial charge in [0, 0.05) is 16.8 Å². The van der Waals surface area contributed by atoms with Crippen molar-refractivity contribution in [2.75, 3.05) is 6.54 Å². The highest BCUT2D eigenvalue weighted by atomic mass is 32.2. The van der Waals surface area contributed by atoms with E-state index in [0.717, 1.165) is 25.7 Å². The quantitative estimate of drug-likeness (QED) is 0.853. The molecule has 24 heavy (non-hydrogen) atoms. The lowest BCUT2D eigenvalue weighted by atomic mass is 9.73. The highest BCUT2D eigenvalue weighted by Crippen LogP contribution is 2.41. The minimum absolute atomic E-state index is 0.117. The molecule has 0 radical (unpaired) electrons. The average molecular weight is 368 g/mol. The molecule has 1 heterocycles. The van der Waals surface area contributed by atoms with Gasteiger partial charge in [-0.25, -0.2) is 17.5 Å². The first-order valence-electron chi connectivity index (χ1n) is 8.23. The summed E-state index contributed by atoms with van der Waals surface area (Å²) < 4.78 is 41.4. The van der Waals surface area contributed by atoms with E-state index in [2.05, 4.69) is 10.8 Å². The Hall–Kier alpha value is -1.24. The fraction of sp³-hybridized carbons (Fsp3) is 0.444. The summed E-state index contributed by atoms with van der Waals surface area (Å²) in [5, 5.41) is 2.05. The zero-order valence-corrected chi connectivity index (χ0v) is 15.4. The zero-order valence-electron chi connectivity index (χ0n) is 13.7. The van der Waals surface area contributed by atoms with E-state index >= 15 is 0 Å². The molecule has 0 aliphatic heterocycles. The van der Waals surface area contributed by atoms with Crippen LogP contribution in [0.1, 0.15) is 42.5 Å². The number of benzene rings is 1. The van der Waals surface area contributed by atoms with Crippen LogP contribution in [-0.2, 0) is 15.4 Å². The number of aryl methyl sites for hydroxylation is 1. The molecular weight excluding hydrogens is 345 g/mol. The molecule has 1 aliphatic rings. The predicted octanol–water partition coefficient (Wildman–Crippen LogP) is 4.38. The van der Waals surface area contributed by atoms with Gasteiger partial charge in [0.1, 0.15) is 5.82 Å². The molecule has 3 rings (SSSR count). The van der Waals surface area contributed by atoms with Crippen LogP contribution in [0.5, 0.6) is 0 Å². The van der Waals surface area contributed by atoms with E-state index in [1.54, 1.807) is 18.3 Å². The van der Waals surface area contributed by atoms with Gasteiger partial charge in [-0.3, -0.25) is 0 Å². The van der Waals surface area contributed by atoms with Crippen molar-refractivity contribution in [2.24, 2.45) is 0 Å². The highest BCUT2D eigenvalue weighted by Gasteiger charge is 2.36. The van der Waals surface area contributed by atoms with Gasteiger partial charge in [0.25, 0.3) is 0 Å². The van der Waals surface area contributed by atoms with Crippen molar-refractivity contribution in [3.05, 3.63) is 52.0 Å². The minimum atomic E-state index is -3.64. The Kier molecular flexibility index (Phi) is 5.08. The third-order valence-corrected chi connectivity index (χ3v) is 7.41. The van der Waals surface area contributed by atoms with Crippen molar-refractivity contribution < 1.29 is 12.8 Å². The topological polar surface area (TPSA) is 46.2 Å². The number of hydrogen-bond donors (Lipinski definition) is 1. The van der Waals surface area contributed by atoms with Crippen LogP contribution in [-0.4, -0.2) is 15.0 Å². The number of nitrogens with one attached hydrogen (secondary N) is 1. The first-order valence-corrected chi connectivity index (χ1v) is 10.6. The van der Waals surface area contributed by atoms with Gasteiger partial charge in [-0.15, -0.1) is 11.3 Å². The average Bonchev–Trinajstić information content (AvgIpc) is 3.12. The van der Waals surface area contributed by atoms with Crippen molar-refractivity contribution in [2.45, 2.75) is 49.3 Å². The Bertz CT molecular complexity index is 794.